The van der Waals surface area contributed by atoms with Gasteiger partial charge >= 0.3 is 15.6 Å². The number of ether oxygens (including phenoxy) is 2. The van der Waals surface area contributed by atoms with Gasteiger partial charge in [0, 0.05) is 5.56 Å². The number of aromatic nitrogens is 8. The van der Waals surface area contributed by atoms with E-state index >= 15 is 4.57 Å². The molecule has 28 heteroatoms. The molecule has 0 aliphatic carbocycles. The predicted molar refractivity (Wildman–Crippen MR) is 255 cm³/mol. The Balaban J connectivity index is 1.22. The minimum absolute atomic E-state index is 0.0127. The summed E-state index contributed by atoms with van der Waals surface area (Å²) in [7, 11) is -15.7. The van der Waals surface area contributed by atoms with E-state index in [1.54, 1.807) is 30.3 Å². The van der Waals surface area contributed by atoms with Gasteiger partial charge in [-0.1, -0.05) is 59.7 Å². The Morgan fingerprint density at radius 3 is 2.13 bits per heavy atom. The number of aromatic amines is 1. The first-order valence-electron chi connectivity index (χ1n) is 22.5. The lowest BCUT2D eigenvalue weighted by Crippen LogP contribution is -2.50. The number of hydrogen-bond donors (Lipinski definition) is 3. The quantitative estimate of drug-likeness (QED) is 0.0700. The van der Waals surface area contributed by atoms with E-state index in [1.807, 2.05) is 73.8 Å². The largest absolute Gasteiger partial charge is 0.475 e. The normalized spacial score (nSPS) is 29.2. The minimum atomic E-state index is -5.16. The SMILES string of the molecule is CC(C)(C)[Si](C)(C)O[C@@H]1C2COP(=O)(O)O[C@@H]3C(COP(=O)(OCCC#N)O[C@H]1C(n1cnc4c(NC(=O)c5ccccc5)ncnc41)O2)OC(n1cnc2c(=O)[nH]cnc21)[C@@H]3O[Si](C)(C)C(C)(C)C. The Morgan fingerprint density at radius 1 is 0.843 bits per heavy atom. The van der Waals surface area contributed by atoms with Crippen LogP contribution in [0.15, 0.2) is 60.4 Å². The lowest BCUT2D eigenvalue weighted by Gasteiger charge is -2.41. The van der Waals surface area contributed by atoms with Crippen molar-refractivity contribution in [2.75, 3.05) is 25.1 Å². The van der Waals surface area contributed by atoms with Gasteiger partial charge in [-0.3, -0.25) is 41.3 Å². The van der Waals surface area contributed by atoms with Crippen LogP contribution in [0.3, 0.4) is 0 Å². The van der Waals surface area contributed by atoms with E-state index in [2.05, 4.69) is 35.2 Å². The van der Waals surface area contributed by atoms with Crippen LogP contribution >= 0.6 is 15.6 Å². The molecule has 24 nitrogen and oxygen atoms in total. The molecule has 3 N–H and O–H groups in total. The van der Waals surface area contributed by atoms with E-state index in [4.69, 9.17) is 40.9 Å². The highest BCUT2D eigenvalue weighted by atomic mass is 31.2. The number of anilines is 1. The number of phosphoric ester groups is 2. The van der Waals surface area contributed by atoms with Gasteiger partial charge in [0.15, 0.2) is 57.2 Å². The summed E-state index contributed by atoms with van der Waals surface area (Å²) in [4.78, 5) is 62.2. The third kappa shape index (κ3) is 10.6. The summed E-state index contributed by atoms with van der Waals surface area (Å²) in [6.07, 6.45) is -5.64. The summed E-state index contributed by atoms with van der Waals surface area (Å²) in [5.41, 5.74) is 0.243. The number of carbonyl (C=O) groups excluding carboxylic acids is 1. The molecule has 1 amide bonds. The first kappa shape index (κ1) is 51.9. The van der Waals surface area contributed by atoms with Crippen molar-refractivity contribution >= 4 is 66.3 Å². The number of nitrogens with zero attached hydrogens (tertiary/aromatic N) is 8. The third-order valence-corrected chi connectivity index (χ3v) is 24.8. The van der Waals surface area contributed by atoms with Crippen LogP contribution in [0.25, 0.3) is 22.3 Å². The lowest BCUT2D eigenvalue weighted by molar-refractivity contribution is -0.0692. The molecule has 8 rings (SSSR count). The second-order valence-electron chi connectivity index (χ2n) is 20.1. The third-order valence-electron chi connectivity index (χ3n) is 13.4. The predicted octanol–water partition coefficient (Wildman–Crippen LogP) is 6.74. The number of nitrogens with one attached hydrogen (secondary N) is 2. The highest BCUT2D eigenvalue weighted by Crippen LogP contribution is 2.58. The van der Waals surface area contributed by atoms with Crippen LogP contribution in [0.4, 0.5) is 5.82 Å². The Morgan fingerprint density at radius 2 is 1.46 bits per heavy atom. The molecule has 5 aromatic rings. The lowest BCUT2D eigenvalue weighted by atomic mass is 10.1. The molecule has 0 radical (unpaired) electrons. The average Bonchev–Trinajstić information content (AvgIpc) is 4.06. The molecule has 3 saturated heterocycles. The van der Waals surface area contributed by atoms with Crippen LogP contribution in [-0.2, 0) is 50.1 Å². The van der Waals surface area contributed by atoms with Crippen molar-refractivity contribution < 1.29 is 59.8 Å². The molecule has 3 aliphatic heterocycles. The highest BCUT2D eigenvalue weighted by Gasteiger charge is 2.58. The van der Waals surface area contributed by atoms with Gasteiger partial charge in [-0.15, -0.1) is 0 Å². The van der Waals surface area contributed by atoms with Crippen molar-refractivity contribution in [2.24, 2.45) is 0 Å². The fraction of sp³-hybridized carbons (Fsp3) is 0.571. The summed E-state index contributed by atoms with van der Waals surface area (Å²) < 4.78 is 90.6. The summed E-state index contributed by atoms with van der Waals surface area (Å²) in [6, 6.07) is 10.5. The van der Waals surface area contributed by atoms with Crippen molar-refractivity contribution in [1.29, 1.82) is 5.26 Å². The molecule has 7 heterocycles. The first-order chi connectivity index (χ1) is 32.8. The maximum absolute atomic E-state index is 15.4. The molecule has 3 fully saturated rings. The van der Waals surface area contributed by atoms with Crippen molar-refractivity contribution in [3.63, 3.8) is 0 Å². The average molecular weight is 1050 g/mol. The van der Waals surface area contributed by atoms with E-state index in [0.29, 0.717) is 5.56 Å². The van der Waals surface area contributed by atoms with Gasteiger partial charge in [0.1, 0.15) is 43.0 Å². The van der Waals surface area contributed by atoms with E-state index < -0.39 is 123 Å². The number of amides is 1. The standard InChI is InChI=1S/C42H58N10O14P2Si2/c1-41(2,3)69(7,8)65-31-27-19-59-67(55,56)63-30-26(61-40(33(30)66-70(9,10)42(4,5)6)52-24-49-29-36(52)46-22-47-38(29)54)20-60-68(57,58-18-14-17-43)64-32(31)39(62-27)51-23-48-28-34(44-21-45-35(28)51)50-37(53)25-15-12-11-13-16-25/h11-13,15-16,21-24,26-27,30-33,39-40H,14,18-20H2,1-10H3,(H,55,56)(H,46,47,54)(H,44,45,50,53)/t26?,27?,30-,31-,32-,33-,39?,40?,68?/m1/s1. The Labute approximate surface area is 405 Å². The van der Waals surface area contributed by atoms with Crippen LogP contribution in [0.1, 0.15) is 70.8 Å². The maximum Gasteiger partial charge on any atom is 0.475 e. The van der Waals surface area contributed by atoms with Crippen molar-refractivity contribution in [1.82, 2.24) is 39.0 Å². The van der Waals surface area contributed by atoms with Gasteiger partial charge in [0.25, 0.3) is 11.5 Å². The molecule has 1 aromatic carbocycles. The van der Waals surface area contributed by atoms with Crippen LogP contribution in [0, 0.1) is 11.3 Å². The van der Waals surface area contributed by atoms with Crippen molar-refractivity contribution in [3.8, 4) is 6.07 Å². The summed E-state index contributed by atoms with van der Waals surface area (Å²) in [5.74, 6) is -0.385. The molecule has 0 saturated carbocycles. The maximum atomic E-state index is 15.4. The van der Waals surface area contributed by atoms with Crippen molar-refractivity contribution in [3.05, 3.63) is 71.6 Å². The van der Waals surface area contributed by atoms with Gasteiger partial charge in [-0.2, -0.15) is 5.26 Å². The molecule has 3 aliphatic rings. The number of fused-ring (bicyclic) bond motifs is 5. The fourth-order valence-electron chi connectivity index (χ4n) is 7.59. The number of H-pyrrole nitrogens is 1. The Bertz CT molecular complexity index is 2920. The Hall–Kier alpha value is -4.43. The Kier molecular flexibility index (Phi) is 14.5. The summed E-state index contributed by atoms with van der Waals surface area (Å²) in [5, 5.41) is 11.5. The van der Waals surface area contributed by atoms with Crippen LogP contribution in [-0.4, -0.2) is 123 Å². The van der Waals surface area contributed by atoms with Gasteiger partial charge in [-0.05, 0) is 48.4 Å². The smallest absolute Gasteiger partial charge is 0.408 e. The van der Waals surface area contributed by atoms with E-state index in [9.17, 15) is 24.3 Å². The molecule has 378 valence electrons. The minimum Gasteiger partial charge on any atom is -0.408 e. The molecular weight excluding hydrogens is 987 g/mol. The van der Waals surface area contributed by atoms with Gasteiger partial charge < -0.3 is 33.5 Å². The van der Waals surface area contributed by atoms with Gasteiger partial charge in [-0.25, -0.2) is 34.0 Å². The second-order valence-corrected chi connectivity index (χ2v) is 32.7. The molecule has 0 spiro atoms. The van der Waals surface area contributed by atoms with Crippen LogP contribution in [0.2, 0.25) is 36.3 Å². The molecule has 2 bridgehead atoms. The van der Waals surface area contributed by atoms with E-state index in [0.717, 1.165) is 0 Å². The van der Waals surface area contributed by atoms with Gasteiger partial charge in [0.05, 0.1) is 51.3 Å². The van der Waals surface area contributed by atoms with Crippen LogP contribution in [0.5, 0.6) is 0 Å². The number of imidazole rings is 2. The molecule has 70 heavy (non-hydrogen) atoms. The van der Waals surface area contributed by atoms with Crippen LogP contribution < -0.4 is 10.9 Å². The fourth-order valence-corrected chi connectivity index (χ4v) is 12.5. The number of hydrogen-bond acceptors (Lipinski definition) is 19. The zero-order chi connectivity index (χ0) is 50.6. The number of carbonyl (C=O) groups is 1. The van der Waals surface area contributed by atoms with Crippen molar-refractivity contribution in [2.45, 2.75) is 133 Å². The topological polar surface area (TPSA) is 298 Å². The molecule has 10 atom stereocenters. The monoisotopic (exact) mass is 1040 g/mol. The number of benzene rings is 1. The zero-order valence-electron chi connectivity index (χ0n) is 40.4. The molecule has 4 aromatic heterocycles. The summed E-state index contributed by atoms with van der Waals surface area (Å²) in [6.45, 7) is 18.2. The van der Waals surface area contributed by atoms with E-state index in [-0.39, 0.29) is 34.6 Å². The number of nitriles is 1. The first-order valence-corrected chi connectivity index (χ1v) is 31.3. The molecular formula is C42H58N10O14P2Si2. The van der Waals surface area contributed by atoms with E-state index in [1.165, 1.54) is 34.4 Å². The summed E-state index contributed by atoms with van der Waals surface area (Å²) >= 11 is 0. The molecule has 6 unspecified atom stereocenters. The van der Waals surface area contributed by atoms with Gasteiger partial charge in [0.2, 0.25) is 0 Å². The number of rotatable bonds is 11. The zero-order valence-corrected chi connectivity index (χ0v) is 44.2. The second kappa shape index (κ2) is 19.5. The highest BCUT2D eigenvalue weighted by molar-refractivity contribution is 7.48. The number of phosphoric acid groups is 2.